The molecule has 5 heteroatoms. The molecule has 1 aliphatic carbocycles. The van der Waals surface area contributed by atoms with E-state index < -0.39 is 40.6 Å². The molecule has 0 aromatic heterocycles. The molecule has 110 valence electrons. The third-order valence-corrected chi connectivity index (χ3v) is 5.13. The van der Waals surface area contributed by atoms with Crippen molar-refractivity contribution in [3.63, 3.8) is 0 Å². The summed E-state index contributed by atoms with van der Waals surface area (Å²) in [5.41, 5.74) is 0.879. The fourth-order valence-electron chi connectivity index (χ4n) is 3.38. The number of cyclic esters (lactones) is 2. The van der Waals surface area contributed by atoms with Crippen LogP contribution in [-0.4, -0.2) is 22.9 Å². The summed E-state index contributed by atoms with van der Waals surface area (Å²) in [4.78, 5) is 24.1. The Morgan fingerprint density at radius 3 is 2.43 bits per heavy atom. The van der Waals surface area contributed by atoms with Crippen molar-refractivity contribution in [2.75, 3.05) is 0 Å². The van der Waals surface area contributed by atoms with E-state index >= 15 is 0 Å². The van der Waals surface area contributed by atoms with Crippen LogP contribution >= 0.6 is 12.6 Å². The molecule has 5 atom stereocenters. The number of carbonyl (C=O) groups is 2. The average Bonchev–Trinajstić information content (AvgIpc) is 2.74. The number of halogens is 1. The number of esters is 2. The predicted molar refractivity (Wildman–Crippen MR) is 78.7 cm³/mol. The summed E-state index contributed by atoms with van der Waals surface area (Å²) in [5.74, 6) is -3.74. The van der Waals surface area contributed by atoms with Crippen molar-refractivity contribution in [2.24, 2.45) is 11.8 Å². The van der Waals surface area contributed by atoms with Crippen LogP contribution in [0, 0.1) is 11.8 Å². The number of rotatable bonds is 1. The minimum absolute atomic E-state index is 0.215. The van der Waals surface area contributed by atoms with Crippen LogP contribution in [0.4, 0.5) is 4.39 Å². The van der Waals surface area contributed by atoms with Crippen LogP contribution in [0.1, 0.15) is 18.4 Å². The fraction of sp³-hybridized carbons (Fsp3) is 0.375. The highest BCUT2D eigenvalue weighted by atomic mass is 19.1. The highest BCUT2D eigenvalue weighted by Gasteiger charge is 2.63. The van der Waals surface area contributed by atoms with Gasteiger partial charge in [0.1, 0.15) is 6.17 Å². The van der Waals surface area contributed by atoms with Crippen molar-refractivity contribution in [1.29, 1.82) is 0 Å². The molecule has 0 amide bonds. The van der Waals surface area contributed by atoms with Gasteiger partial charge in [-0.2, -0.15) is 12.6 Å². The number of fused-ring (bicyclic) bond motifs is 1. The van der Waals surface area contributed by atoms with Gasteiger partial charge in [-0.15, -0.1) is 0 Å². The Labute approximate surface area is 127 Å². The smallest absolute Gasteiger partial charge is 0.319 e. The third-order valence-electron chi connectivity index (χ3n) is 4.56. The zero-order chi connectivity index (χ0) is 15.4. The van der Waals surface area contributed by atoms with Gasteiger partial charge in [0.25, 0.3) is 0 Å². The van der Waals surface area contributed by atoms with E-state index in [0.29, 0.717) is 5.56 Å². The minimum atomic E-state index is -1.45. The van der Waals surface area contributed by atoms with Crippen LogP contribution in [0.3, 0.4) is 0 Å². The van der Waals surface area contributed by atoms with E-state index in [2.05, 4.69) is 19.2 Å². The number of ether oxygens (including phenoxy) is 1. The molecular formula is C16H15FO3S. The highest BCUT2D eigenvalue weighted by Crippen LogP contribution is 2.55. The first kappa shape index (κ1) is 14.3. The summed E-state index contributed by atoms with van der Waals surface area (Å²) in [5, 5.41) is 0. The Morgan fingerprint density at radius 2 is 1.81 bits per heavy atom. The summed E-state index contributed by atoms with van der Waals surface area (Å²) in [6, 6.07) is 8.86. The molecule has 3 nitrogen and oxygen atoms in total. The maximum atomic E-state index is 14.9. The number of hydrogen-bond donors (Lipinski definition) is 1. The summed E-state index contributed by atoms with van der Waals surface area (Å²) in [6.07, 6.45) is -1.45. The van der Waals surface area contributed by atoms with Gasteiger partial charge in [0, 0.05) is 10.7 Å². The Kier molecular flexibility index (Phi) is 3.20. The first-order valence-corrected chi connectivity index (χ1v) is 7.16. The molecule has 21 heavy (non-hydrogen) atoms. The van der Waals surface area contributed by atoms with E-state index in [4.69, 9.17) is 4.74 Å². The fourth-order valence-corrected chi connectivity index (χ4v) is 3.77. The maximum absolute atomic E-state index is 14.9. The molecule has 1 aliphatic heterocycles. The monoisotopic (exact) mass is 281 g/mol. The van der Waals surface area contributed by atoms with Crippen molar-refractivity contribution < 1.29 is 18.7 Å². The molecule has 2 fully saturated rings. The van der Waals surface area contributed by atoms with Gasteiger partial charge < -0.3 is 4.74 Å². The lowest BCUT2D eigenvalue weighted by Gasteiger charge is -2.44. The zero-order valence-electron chi connectivity index (χ0n) is 11.5. The summed E-state index contributed by atoms with van der Waals surface area (Å²) in [6.45, 7) is 5.39. The maximum Gasteiger partial charge on any atom is 0.319 e. The first-order valence-electron chi connectivity index (χ1n) is 6.72. The Balaban J connectivity index is 2.14. The number of benzene rings is 1. The number of carbonyl (C=O) groups excluding carboxylic acids is 2. The van der Waals surface area contributed by atoms with E-state index in [9.17, 15) is 14.0 Å². The second-order valence-corrected chi connectivity index (χ2v) is 6.68. The molecule has 1 saturated carbocycles. The molecule has 0 unspecified atom stereocenters. The number of hydrogen-bond acceptors (Lipinski definition) is 4. The van der Waals surface area contributed by atoms with Gasteiger partial charge >= 0.3 is 11.9 Å². The topological polar surface area (TPSA) is 43.4 Å². The second kappa shape index (κ2) is 4.70. The van der Waals surface area contributed by atoms with E-state index in [-0.39, 0.29) is 5.57 Å². The molecule has 0 radical (unpaired) electrons. The Bertz CT molecular complexity index is 626. The lowest BCUT2D eigenvalue weighted by molar-refractivity contribution is -0.154. The van der Waals surface area contributed by atoms with Gasteiger partial charge in [-0.05, 0) is 18.1 Å². The van der Waals surface area contributed by atoms with Gasteiger partial charge in [-0.25, -0.2) is 4.39 Å². The van der Waals surface area contributed by atoms with Gasteiger partial charge in [0.15, 0.2) is 0 Å². The molecule has 0 spiro atoms. The van der Waals surface area contributed by atoms with E-state index in [1.54, 1.807) is 31.2 Å². The second-order valence-electron chi connectivity index (χ2n) is 5.75. The molecule has 0 N–H and O–H groups in total. The lowest BCUT2D eigenvalue weighted by atomic mass is 6.78. The molecule has 1 aromatic carbocycles. The summed E-state index contributed by atoms with van der Waals surface area (Å²) >= 11 is 4.41. The minimum Gasteiger partial charge on any atom is -0.393 e. The van der Waals surface area contributed by atoms with Crippen LogP contribution in [0.25, 0.3) is 0 Å². The largest absolute Gasteiger partial charge is 0.393 e. The van der Waals surface area contributed by atoms with Gasteiger partial charge in [0.2, 0.25) is 0 Å². The summed E-state index contributed by atoms with van der Waals surface area (Å²) < 4.78 is 18.6. The van der Waals surface area contributed by atoms with Crippen molar-refractivity contribution in [3.8, 4) is 0 Å². The molecule has 2 aliphatic rings. The number of alkyl halides is 1. The van der Waals surface area contributed by atoms with E-state index in [1.165, 1.54) is 0 Å². The molecule has 0 bridgehead atoms. The van der Waals surface area contributed by atoms with E-state index in [0.717, 1.165) is 0 Å². The average molecular weight is 281 g/mol. The molecule has 1 heterocycles. The van der Waals surface area contributed by atoms with Crippen molar-refractivity contribution in [2.45, 2.75) is 23.8 Å². The van der Waals surface area contributed by atoms with Crippen LogP contribution in [0.15, 0.2) is 42.5 Å². The SMILES string of the molecule is C=C1[C@H](F)[C@H](c2ccccc2)[C@@H]2C(=O)OC(=O)[C@@H]2[C@]1(C)[7SH]. The predicted octanol–water partition coefficient (Wildman–Crippen LogP) is 2.68. The normalized spacial score (nSPS) is 39.1. The third kappa shape index (κ3) is 1.94. The summed E-state index contributed by atoms with van der Waals surface area (Å²) in [7, 11) is 0. The Hall–Kier alpha value is -1.62. The molecule has 1 saturated heterocycles. The highest BCUT2D eigenvalue weighted by molar-refractivity contribution is 7.82. The zero-order valence-corrected chi connectivity index (χ0v) is 12.3. The van der Waals surface area contributed by atoms with E-state index in [1.807, 2.05) is 6.07 Å². The molecular weight excluding hydrogens is 266 g/mol. The van der Waals surface area contributed by atoms with Crippen LogP contribution in [-0.2, 0) is 14.3 Å². The van der Waals surface area contributed by atoms with Crippen molar-refractivity contribution in [1.82, 2.24) is 0 Å². The molecule has 1 aromatic rings. The first-order chi connectivity index (χ1) is 9.85. The van der Waals surface area contributed by atoms with Gasteiger partial charge in [-0.1, -0.05) is 36.9 Å². The van der Waals surface area contributed by atoms with Crippen LogP contribution in [0.5, 0.6) is 0 Å². The van der Waals surface area contributed by atoms with Crippen molar-refractivity contribution in [3.05, 3.63) is 48.0 Å². The van der Waals surface area contributed by atoms with Crippen LogP contribution < -0.4 is 0 Å². The quantitative estimate of drug-likeness (QED) is 0.372. The lowest BCUT2D eigenvalue weighted by Crippen LogP contribution is -2.50. The number of thiol groups is 1. The molecule has 3 rings (SSSR count). The van der Waals surface area contributed by atoms with Gasteiger partial charge in [-0.3, -0.25) is 9.59 Å². The van der Waals surface area contributed by atoms with Crippen molar-refractivity contribution >= 4 is 24.6 Å². The van der Waals surface area contributed by atoms with Gasteiger partial charge in [0.05, 0.1) is 11.8 Å². The Morgan fingerprint density at radius 1 is 1.19 bits per heavy atom. The standard InChI is InChI=1S/C16H15FO3S/c1-8-13(17)10(9-6-4-3-5-7-9)11-12(16(8,2)21)15(19)20-14(11)18/h3-7,10-13,21H,1H2,2H3/t10-,11+,12-,13+,16-/m1/s1/i21-25. The van der Waals surface area contributed by atoms with Crippen LogP contribution in [0.2, 0.25) is 0 Å².